The summed E-state index contributed by atoms with van der Waals surface area (Å²) in [5.41, 5.74) is 2.32. The van der Waals surface area contributed by atoms with Gasteiger partial charge >= 0.3 is 6.09 Å². The van der Waals surface area contributed by atoms with Gasteiger partial charge in [0.25, 0.3) is 0 Å². The Morgan fingerprint density at radius 2 is 1.81 bits per heavy atom. The van der Waals surface area contributed by atoms with Gasteiger partial charge in [0.2, 0.25) is 0 Å². The van der Waals surface area contributed by atoms with E-state index in [9.17, 15) is 4.79 Å². The van der Waals surface area contributed by atoms with E-state index in [1.54, 1.807) is 0 Å². The Kier molecular flexibility index (Phi) is 6.44. The highest BCUT2D eigenvalue weighted by molar-refractivity contribution is 9.10. The van der Waals surface area contributed by atoms with Gasteiger partial charge in [0.05, 0.1) is 0 Å². The van der Waals surface area contributed by atoms with Crippen molar-refractivity contribution in [1.82, 2.24) is 9.80 Å². The molecule has 1 aromatic carbocycles. The number of hydrogen-bond donors (Lipinski definition) is 0. The predicted molar refractivity (Wildman–Crippen MR) is 111 cm³/mol. The van der Waals surface area contributed by atoms with Crippen molar-refractivity contribution < 1.29 is 9.53 Å². The second kappa shape index (κ2) is 7.89. The van der Waals surface area contributed by atoms with E-state index in [4.69, 9.17) is 4.74 Å². The third kappa shape index (κ3) is 5.98. The molecule has 0 spiro atoms. The van der Waals surface area contributed by atoms with Crippen molar-refractivity contribution in [3.8, 4) is 0 Å². The number of benzene rings is 1. The van der Waals surface area contributed by atoms with Gasteiger partial charge in [-0.2, -0.15) is 0 Å². The number of ether oxygens (including phenoxy) is 1. The molecule has 2 rings (SSSR count). The lowest BCUT2D eigenvalue weighted by atomic mass is 9.86. The first-order valence-electron chi connectivity index (χ1n) is 9.37. The van der Waals surface area contributed by atoms with Crippen LogP contribution < -0.4 is 0 Å². The third-order valence-corrected chi connectivity index (χ3v) is 5.03. The van der Waals surface area contributed by atoms with Crippen LogP contribution in [0.3, 0.4) is 0 Å². The highest BCUT2D eigenvalue weighted by Crippen LogP contribution is 2.27. The Morgan fingerprint density at radius 3 is 2.35 bits per heavy atom. The molecule has 1 heterocycles. The molecule has 1 aliphatic heterocycles. The van der Waals surface area contributed by atoms with Crippen LogP contribution in [0.1, 0.15) is 59.6 Å². The number of hydrogen-bond acceptors (Lipinski definition) is 3. The highest BCUT2D eigenvalue weighted by atomic mass is 79.9. The molecule has 0 N–H and O–H groups in total. The summed E-state index contributed by atoms with van der Waals surface area (Å²) in [5, 5.41) is 0. The van der Waals surface area contributed by atoms with E-state index in [0.29, 0.717) is 6.54 Å². The second-order valence-electron chi connectivity index (χ2n) is 9.36. The van der Waals surface area contributed by atoms with Crippen molar-refractivity contribution in [2.75, 3.05) is 19.6 Å². The quantitative estimate of drug-likeness (QED) is 0.654. The summed E-state index contributed by atoms with van der Waals surface area (Å²) in [4.78, 5) is 16.6. The molecule has 0 aliphatic carbocycles. The van der Waals surface area contributed by atoms with E-state index in [2.05, 4.69) is 66.7 Å². The lowest BCUT2D eigenvalue weighted by Gasteiger charge is -2.40. The number of halogens is 1. The Balaban J connectivity index is 2.02. The van der Waals surface area contributed by atoms with Gasteiger partial charge in [0, 0.05) is 36.7 Å². The van der Waals surface area contributed by atoms with Gasteiger partial charge in [0.15, 0.2) is 0 Å². The molecule has 0 saturated carbocycles. The Labute approximate surface area is 167 Å². The normalized spacial score (nSPS) is 19.5. The van der Waals surface area contributed by atoms with Gasteiger partial charge in [-0.1, -0.05) is 42.8 Å². The summed E-state index contributed by atoms with van der Waals surface area (Å²) in [6.07, 6.45) is -0.206. The summed E-state index contributed by atoms with van der Waals surface area (Å²) in [5.74, 6) is 0. The topological polar surface area (TPSA) is 32.8 Å². The molecule has 0 aromatic heterocycles. The molecule has 0 bridgehead atoms. The maximum Gasteiger partial charge on any atom is 0.410 e. The predicted octanol–water partition coefficient (Wildman–Crippen LogP) is 5.19. The molecular formula is C21H33BrN2O2. The van der Waals surface area contributed by atoms with Crippen molar-refractivity contribution in [3.63, 3.8) is 0 Å². The van der Waals surface area contributed by atoms with E-state index >= 15 is 0 Å². The van der Waals surface area contributed by atoms with Crippen LogP contribution in [0.5, 0.6) is 0 Å². The number of amides is 1. The van der Waals surface area contributed by atoms with Gasteiger partial charge in [0.1, 0.15) is 5.60 Å². The summed E-state index contributed by atoms with van der Waals surface area (Å²) >= 11 is 3.65. The van der Waals surface area contributed by atoms with Gasteiger partial charge in [-0.3, -0.25) is 4.90 Å². The fourth-order valence-electron chi connectivity index (χ4n) is 3.20. The Hall–Kier alpha value is -1.07. The van der Waals surface area contributed by atoms with Crippen molar-refractivity contribution in [2.45, 2.75) is 72.1 Å². The molecule has 1 atom stereocenters. The molecule has 146 valence electrons. The van der Waals surface area contributed by atoms with Crippen LogP contribution in [-0.2, 0) is 16.7 Å². The zero-order valence-electron chi connectivity index (χ0n) is 17.2. The zero-order chi connectivity index (χ0) is 19.7. The number of piperazine rings is 1. The van der Waals surface area contributed by atoms with E-state index in [-0.39, 0.29) is 17.6 Å². The Bertz CT molecular complexity index is 646. The molecule has 1 aliphatic rings. The van der Waals surface area contributed by atoms with Gasteiger partial charge < -0.3 is 9.64 Å². The molecule has 5 heteroatoms. The smallest absolute Gasteiger partial charge is 0.410 e. The standard InChI is InChI=1S/C21H33BrN2O2/c1-15-13-23(8-9-24(15)19(25)26-21(5,6)7)14-16-10-17(20(2,3)4)12-18(22)11-16/h10-12,15H,8-9,13-14H2,1-7H3/t15-/m0/s1. The molecule has 1 aromatic rings. The van der Waals surface area contributed by atoms with Crippen LogP contribution in [0, 0.1) is 0 Å². The first-order chi connectivity index (χ1) is 11.8. The largest absolute Gasteiger partial charge is 0.444 e. The van der Waals surface area contributed by atoms with Gasteiger partial charge in [-0.25, -0.2) is 4.79 Å². The molecule has 0 radical (unpaired) electrons. The zero-order valence-corrected chi connectivity index (χ0v) is 18.8. The average Bonchev–Trinajstić information content (AvgIpc) is 2.43. The maximum absolute atomic E-state index is 12.4. The molecule has 1 fully saturated rings. The summed E-state index contributed by atoms with van der Waals surface area (Å²) < 4.78 is 6.66. The van der Waals surface area contributed by atoms with E-state index in [0.717, 1.165) is 24.1 Å². The number of nitrogens with zero attached hydrogens (tertiary/aromatic N) is 2. The molecule has 1 saturated heterocycles. The minimum absolute atomic E-state index is 0.126. The molecule has 0 unspecified atom stereocenters. The van der Waals surface area contributed by atoms with Crippen LogP contribution >= 0.6 is 15.9 Å². The minimum atomic E-state index is -0.451. The van der Waals surface area contributed by atoms with E-state index < -0.39 is 5.60 Å². The lowest BCUT2D eigenvalue weighted by Crippen LogP contribution is -2.54. The monoisotopic (exact) mass is 424 g/mol. The first kappa shape index (κ1) is 21.2. The maximum atomic E-state index is 12.4. The average molecular weight is 425 g/mol. The number of carbonyl (C=O) groups excluding carboxylic acids is 1. The van der Waals surface area contributed by atoms with Crippen LogP contribution in [0.4, 0.5) is 4.79 Å². The van der Waals surface area contributed by atoms with Crippen molar-refractivity contribution in [2.24, 2.45) is 0 Å². The van der Waals surface area contributed by atoms with Gasteiger partial charge in [-0.15, -0.1) is 0 Å². The first-order valence-corrected chi connectivity index (χ1v) is 10.2. The van der Waals surface area contributed by atoms with Crippen LogP contribution in [0.15, 0.2) is 22.7 Å². The van der Waals surface area contributed by atoms with Crippen LogP contribution in [-0.4, -0.2) is 47.2 Å². The number of rotatable bonds is 2. The number of carbonyl (C=O) groups is 1. The molecule has 4 nitrogen and oxygen atoms in total. The van der Waals surface area contributed by atoms with Crippen LogP contribution in [0.2, 0.25) is 0 Å². The molecular weight excluding hydrogens is 392 g/mol. The third-order valence-electron chi connectivity index (χ3n) is 4.57. The highest BCUT2D eigenvalue weighted by Gasteiger charge is 2.30. The van der Waals surface area contributed by atoms with Gasteiger partial charge in [-0.05, 0) is 56.4 Å². The minimum Gasteiger partial charge on any atom is -0.444 e. The van der Waals surface area contributed by atoms with Crippen molar-refractivity contribution in [1.29, 1.82) is 0 Å². The summed E-state index contributed by atoms with van der Waals surface area (Å²) in [7, 11) is 0. The van der Waals surface area contributed by atoms with E-state index in [1.807, 2.05) is 25.7 Å². The summed E-state index contributed by atoms with van der Waals surface area (Å²) in [6, 6.07) is 6.84. The van der Waals surface area contributed by atoms with Crippen molar-refractivity contribution >= 4 is 22.0 Å². The van der Waals surface area contributed by atoms with Crippen LogP contribution in [0.25, 0.3) is 0 Å². The fraction of sp³-hybridized carbons (Fsp3) is 0.667. The summed E-state index contributed by atoms with van der Waals surface area (Å²) in [6.45, 7) is 17.9. The van der Waals surface area contributed by atoms with E-state index in [1.165, 1.54) is 11.1 Å². The lowest BCUT2D eigenvalue weighted by molar-refractivity contribution is 0.000556. The second-order valence-corrected chi connectivity index (χ2v) is 10.3. The Morgan fingerprint density at radius 1 is 1.15 bits per heavy atom. The molecule has 26 heavy (non-hydrogen) atoms. The molecule has 1 amide bonds. The fourth-order valence-corrected chi connectivity index (χ4v) is 3.74. The SMILES string of the molecule is C[C@H]1CN(Cc2cc(Br)cc(C(C)(C)C)c2)CCN1C(=O)OC(C)(C)C. The van der Waals surface area contributed by atoms with Crippen molar-refractivity contribution in [3.05, 3.63) is 33.8 Å².